The van der Waals surface area contributed by atoms with Gasteiger partial charge in [-0.05, 0) is 60.2 Å². The molecule has 2 aromatic rings. The molecule has 0 saturated heterocycles. The van der Waals surface area contributed by atoms with Crippen molar-refractivity contribution in [3.05, 3.63) is 57.0 Å². The van der Waals surface area contributed by atoms with Crippen LogP contribution in [0.2, 0.25) is 5.02 Å². The van der Waals surface area contributed by atoms with E-state index in [1.54, 1.807) is 6.21 Å². The predicted octanol–water partition coefficient (Wildman–Crippen LogP) is 4.90. The van der Waals surface area contributed by atoms with Crippen LogP contribution < -0.4 is 20.2 Å². The van der Waals surface area contributed by atoms with Gasteiger partial charge in [-0.15, -0.1) is 0 Å². The van der Waals surface area contributed by atoms with Crippen molar-refractivity contribution < 1.29 is 9.47 Å². The average Bonchev–Trinajstić information content (AvgIpc) is 2.64. The number of hydrazone groups is 1. The molecular weight excluding hydrogens is 450 g/mol. The molecule has 0 heterocycles. The molecule has 0 spiro atoms. The van der Waals surface area contributed by atoms with E-state index < -0.39 is 0 Å². The van der Waals surface area contributed by atoms with Gasteiger partial charge in [0.2, 0.25) is 0 Å². The first-order valence-corrected chi connectivity index (χ1v) is 10.0. The van der Waals surface area contributed by atoms with Gasteiger partial charge in [0, 0.05) is 27.2 Å². The monoisotopic (exact) mass is 469 g/mol. The van der Waals surface area contributed by atoms with Crippen LogP contribution in [0, 0.1) is 0 Å². The highest BCUT2D eigenvalue weighted by atomic mass is 79.9. The molecule has 0 unspecified atom stereocenters. The third-order valence-electron chi connectivity index (χ3n) is 3.41. The quantitative estimate of drug-likeness (QED) is 0.326. The van der Waals surface area contributed by atoms with E-state index in [-0.39, 0.29) is 0 Å². The van der Waals surface area contributed by atoms with Gasteiger partial charge in [-0.25, -0.2) is 0 Å². The summed E-state index contributed by atoms with van der Waals surface area (Å²) in [6.07, 6.45) is 1.66. The highest BCUT2D eigenvalue weighted by molar-refractivity contribution is 9.10. The lowest BCUT2D eigenvalue weighted by Crippen LogP contribution is -2.31. The summed E-state index contributed by atoms with van der Waals surface area (Å²) >= 11 is 14.8. The summed E-state index contributed by atoms with van der Waals surface area (Å²) in [5.41, 5.74) is 4.50. The van der Waals surface area contributed by atoms with E-state index in [0.717, 1.165) is 22.1 Å². The second kappa shape index (κ2) is 11.1. The average molecular weight is 471 g/mol. The largest absolute Gasteiger partial charge is 0.490 e. The number of thiocarbonyl (C=S) groups is 1. The van der Waals surface area contributed by atoms with Gasteiger partial charge in [0.1, 0.15) is 6.61 Å². The Morgan fingerprint density at radius 1 is 1.22 bits per heavy atom. The van der Waals surface area contributed by atoms with Crippen LogP contribution in [0.4, 0.5) is 0 Å². The van der Waals surface area contributed by atoms with Gasteiger partial charge in [-0.3, -0.25) is 5.43 Å². The molecule has 0 saturated carbocycles. The van der Waals surface area contributed by atoms with E-state index in [2.05, 4.69) is 31.8 Å². The first-order valence-electron chi connectivity index (χ1n) is 8.44. The van der Waals surface area contributed by atoms with Crippen LogP contribution in [-0.2, 0) is 6.61 Å². The van der Waals surface area contributed by atoms with Crippen molar-refractivity contribution >= 4 is 51.1 Å². The van der Waals surface area contributed by atoms with Gasteiger partial charge in [0.25, 0.3) is 0 Å². The molecule has 2 rings (SSSR count). The summed E-state index contributed by atoms with van der Waals surface area (Å²) in [5, 5.41) is 8.23. The highest BCUT2D eigenvalue weighted by Crippen LogP contribution is 2.34. The lowest BCUT2D eigenvalue weighted by atomic mass is 10.2. The normalized spacial score (nSPS) is 10.7. The van der Waals surface area contributed by atoms with Crippen molar-refractivity contribution in [1.82, 2.24) is 10.7 Å². The van der Waals surface area contributed by atoms with Crippen molar-refractivity contribution in [2.75, 3.05) is 13.2 Å². The third-order valence-corrected chi connectivity index (χ3v) is 4.70. The Kier molecular flexibility index (Phi) is 8.84. The lowest BCUT2D eigenvalue weighted by Gasteiger charge is -2.14. The maximum Gasteiger partial charge on any atom is 0.186 e. The summed E-state index contributed by atoms with van der Waals surface area (Å²) in [6.45, 7) is 5.48. The van der Waals surface area contributed by atoms with Gasteiger partial charge in [0.05, 0.1) is 12.8 Å². The van der Waals surface area contributed by atoms with Crippen molar-refractivity contribution in [3.63, 3.8) is 0 Å². The molecule has 5 nitrogen and oxygen atoms in total. The standard InChI is InChI=1S/C19H21BrClN3O2S/c1-3-22-19(27)24-23-11-14-9-17(25-4-2)18(10-15(14)20)26-12-13-7-5-6-8-16(13)21/h5-11H,3-4,12H2,1-2H3,(H2,22,24,27)/b23-11-. The van der Waals surface area contributed by atoms with Crippen LogP contribution in [0.15, 0.2) is 46.0 Å². The molecule has 0 fully saturated rings. The molecule has 0 aliphatic heterocycles. The molecule has 144 valence electrons. The highest BCUT2D eigenvalue weighted by Gasteiger charge is 2.11. The zero-order chi connectivity index (χ0) is 19.6. The van der Waals surface area contributed by atoms with E-state index in [1.165, 1.54) is 0 Å². The SMILES string of the molecule is CCNC(=S)N/N=C\c1cc(OCC)c(OCc2ccccc2Cl)cc1Br. The number of halogens is 2. The van der Waals surface area contributed by atoms with Crippen LogP contribution in [0.1, 0.15) is 25.0 Å². The molecule has 27 heavy (non-hydrogen) atoms. The van der Waals surface area contributed by atoms with Crippen LogP contribution >= 0.6 is 39.7 Å². The fraction of sp³-hybridized carbons (Fsp3) is 0.263. The predicted molar refractivity (Wildman–Crippen MR) is 118 cm³/mol. The number of nitrogens with one attached hydrogen (secondary N) is 2. The van der Waals surface area contributed by atoms with Gasteiger partial charge in [-0.1, -0.05) is 29.8 Å². The summed E-state index contributed by atoms with van der Waals surface area (Å²) in [5.74, 6) is 1.25. The van der Waals surface area contributed by atoms with Crippen molar-refractivity contribution in [2.24, 2.45) is 5.10 Å². The molecule has 0 aliphatic carbocycles. The minimum atomic E-state index is 0.345. The Labute approximate surface area is 178 Å². The molecule has 0 bridgehead atoms. The lowest BCUT2D eigenvalue weighted by molar-refractivity contribution is 0.269. The van der Waals surface area contributed by atoms with Crippen LogP contribution in [0.25, 0.3) is 0 Å². The zero-order valence-electron chi connectivity index (χ0n) is 15.1. The van der Waals surface area contributed by atoms with Crippen molar-refractivity contribution in [1.29, 1.82) is 0 Å². The molecule has 0 aromatic heterocycles. The first kappa shape index (κ1) is 21.5. The topological polar surface area (TPSA) is 54.9 Å². The summed E-state index contributed by atoms with van der Waals surface area (Å²) < 4.78 is 12.5. The molecule has 2 aromatic carbocycles. The number of benzene rings is 2. The number of ether oxygens (including phenoxy) is 2. The summed E-state index contributed by atoms with van der Waals surface area (Å²) in [6, 6.07) is 11.3. The Balaban J connectivity index is 2.16. The van der Waals surface area contributed by atoms with Gasteiger partial charge in [0.15, 0.2) is 16.6 Å². The molecule has 0 aliphatic rings. The smallest absolute Gasteiger partial charge is 0.186 e. The summed E-state index contributed by atoms with van der Waals surface area (Å²) in [4.78, 5) is 0. The maximum absolute atomic E-state index is 6.19. The molecule has 8 heteroatoms. The first-order chi connectivity index (χ1) is 13.0. The van der Waals surface area contributed by atoms with Crippen molar-refractivity contribution in [3.8, 4) is 11.5 Å². The van der Waals surface area contributed by atoms with E-state index in [9.17, 15) is 0 Å². The Morgan fingerprint density at radius 2 is 1.96 bits per heavy atom. The Hall–Kier alpha value is -1.83. The third kappa shape index (κ3) is 6.68. The van der Waals surface area contributed by atoms with E-state index in [4.69, 9.17) is 33.3 Å². The number of rotatable bonds is 8. The zero-order valence-corrected chi connectivity index (χ0v) is 18.2. The minimum absolute atomic E-state index is 0.345. The second-order valence-electron chi connectivity index (χ2n) is 5.36. The van der Waals surface area contributed by atoms with E-state index in [1.807, 2.05) is 50.2 Å². The number of hydrogen-bond donors (Lipinski definition) is 2. The maximum atomic E-state index is 6.19. The van der Waals surface area contributed by atoms with Gasteiger partial charge < -0.3 is 14.8 Å². The molecule has 0 atom stereocenters. The van der Waals surface area contributed by atoms with Gasteiger partial charge in [-0.2, -0.15) is 5.10 Å². The van der Waals surface area contributed by atoms with Crippen molar-refractivity contribution in [2.45, 2.75) is 20.5 Å². The van der Waals surface area contributed by atoms with Crippen LogP contribution in [-0.4, -0.2) is 24.5 Å². The molecular formula is C19H21BrClN3O2S. The van der Waals surface area contributed by atoms with E-state index >= 15 is 0 Å². The molecule has 0 amide bonds. The van der Waals surface area contributed by atoms with Gasteiger partial charge >= 0.3 is 0 Å². The van der Waals surface area contributed by atoms with Crippen LogP contribution in [0.3, 0.4) is 0 Å². The Bertz CT molecular complexity index is 818. The van der Waals surface area contributed by atoms with Crippen LogP contribution in [0.5, 0.6) is 11.5 Å². The van der Waals surface area contributed by atoms with E-state index in [0.29, 0.717) is 34.8 Å². The minimum Gasteiger partial charge on any atom is -0.490 e. The fourth-order valence-electron chi connectivity index (χ4n) is 2.16. The number of hydrogen-bond acceptors (Lipinski definition) is 4. The molecule has 0 radical (unpaired) electrons. The fourth-order valence-corrected chi connectivity index (χ4v) is 2.97. The Morgan fingerprint density at radius 3 is 2.67 bits per heavy atom. The second-order valence-corrected chi connectivity index (χ2v) is 7.03. The number of nitrogens with zero attached hydrogens (tertiary/aromatic N) is 1. The summed E-state index contributed by atoms with van der Waals surface area (Å²) in [7, 11) is 0. The molecule has 2 N–H and O–H groups in total.